The Labute approximate surface area is 221 Å². The number of primary amides is 1. The monoisotopic (exact) mass is 522 g/mol. The first-order chi connectivity index (χ1) is 18.1. The van der Waals surface area contributed by atoms with E-state index in [0.29, 0.717) is 36.2 Å². The molecule has 0 bridgehead atoms. The molecule has 3 aliphatic rings. The van der Waals surface area contributed by atoms with Gasteiger partial charge in [0.05, 0.1) is 43.3 Å². The molecule has 6 N–H and O–H groups in total. The highest BCUT2D eigenvalue weighted by atomic mass is 16.7. The van der Waals surface area contributed by atoms with E-state index in [9.17, 15) is 9.59 Å². The number of ether oxygens (including phenoxy) is 3. The van der Waals surface area contributed by atoms with Crippen molar-refractivity contribution in [3.8, 4) is 5.75 Å². The highest BCUT2D eigenvalue weighted by molar-refractivity contribution is 6.01. The second-order valence-electron chi connectivity index (χ2n) is 10.6. The molecule has 1 unspecified atom stereocenters. The Kier molecular flexibility index (Phi) is 6.76. The van der Waals surface area contributed by atoms with Crippen LogP contribution in [0.3, 0.4) is 0 Å². The SMILES string of the molecule is COc1c(/C=C/N(N)C2CCC23OCCO3)cccc1Nc1cc(NC(=O)[C@H]2CC2(C)C)ncc1C(N)=O. The molecule has 38 heavy (non-hydrogen) atoms. The normalized spacial score (nSPS) is 22.6. The van der Waals surface area contributed by atoms with Crippen LogP contribution >= 0.6 is 0 Å². The summed E-state index contributed by atoms with van der Waals surface area (Å²) in [4.78, 5) is 28.9. The number of hydrazine groups is 1. The van der Waals surface area contributed by atoms with Gasteiger partial charge in [0, 0.05) is 36.4 Å². The third-order valence-corrected chi connectivity index (χ3v) is 7.61. The number of hydrogen-bond donors (Lipinski definition) is 4. The molecule has 2 saturated carbocycles. The predicted molar refractivity (Wildman–Crippen MR) is 142 cm³/mol. The summed E-state index contributed by atoms with van der Waals surface area (Å²) >= 11 is 0. The van der Waals surface area contributed by atoms with E-state index >= 15 is 0 Å². The Balaban J connectivity index is 1.36. The van der Waals surface area contributed by atoms with E-state index in [1.165, 1.54) is 6.20 Å². The van der Waals surface area contributed by atoms with Gasteiger partial charge in [0.25, 0.3) is 5.91 Å². The van der Waals surface area contributed by atoms with Gasteiger partial charge < -0.3 is 35.6 Å². The minimum Gasteiger partial charge on any atom is -0.494 e. The van der Waals surface area contributed by atoms with Gasteiger partial charge in [-0.1, -0.05) is 26.0 Å². The molecule has 1 aromatic heterocycles. The van der Waals surface area contributed by atoms with Gasteiger partial charge in [-0.2, -0.15) is 0 Å². The molecule has 1 aliphatic heterocycles. The largest absolute Gasteiger partial charge is 0.494 e. The quantitative estimate of drug-likeness (QED) is 0.287. The van der Waals surface area contributed by atoms with Crippen molar-refractivity contribution in [3.63, 3.8) is 0 Å². The highest BCUT2D eigenvalue weighted by Gasteiger charge is 2.54. The molecule has 3 fully saturated rings. The zero-order chi connectivity index (χ0) is 27.1. The third-order valence-electron chi connectivity index (χ3n) is 7.61. The van der Waals surface area contributed by atoms with Gasteiger partial charge in [-0.05, 0) is 30.4 Å². The van der Waals surface area contributed by atoms with Crippen molar-refractivity contribution in [1.82, 2.24) is 9.99 Å². The van der Waals surface area contributed by atoms with Crippen LogP contribution in [0, 0.1) is 11.3 Å². The number of carbonyl (C=O) groups is 2. The molecule has 5 rings (SSSR count). The van der Waals surface area contributed by atoms with E-state index in [-0.39, 0.29) is 28.8 Å². The third kappa shape index (κ3) is 4.92. The van der Waals surface area contributed by atoms with Crippen molar-refractivity contribution in [3.05, 3.63) is 47.8 Å². The first-order valence-electron chi connectivity index (χ1n) is 12.7. The number of benzene rings is 1. The Morgan fingerprint density at radius 2 is 1.97 bits per heavy atom. The lowest BCUT2D eigenvalue weighted by Crippen LogP contribution is -2.61. The van der Waals surface area contributed by atoms with Crippen LogP contribution in [0.25, 0.3) is 6.08 Å². The van der Waals surface area contributed by atoms with Gasteiger partial charge in [0.1, 0.15) is 11.6 Å². The first-order valence-corrected chi connectivity index (χ1v) is 12.7. The van der Waals surface area contributed by atoms with Crippen LogP contribution in [0.1, 0.15) is 49.0 Å². The molecule has 1 saturated heterocycles. The average Bonchev–Trinajstić information content (AvgIpc) is 3.25. The second-order valence-corrected chi connectivity index (χ2v) is 10.6. The first kappa shape index (κ1) is 26.0. The van der Waals surface area contributed by atoms with Gasteiger partial charge in [-0.3, -0.25) is 9.59 Å². The standard InChI is InChI=1S/C27H34N6O5/c1-26(2)14-18(26)25(35)32-22-13-20(17(15-30-22)24(28)34)31-19-6-4-5-16(23(19)36-3)8-10-33(29)21-7-9-27(21)37-11-12-38-27/h4-6,8,10,13,15,18,21H,7,9,11-12,14,29H2,1-3H3,(H2,28,34)(H2,30,31,32,35)/b10-8+/t18-,21?/m1/s1. The Morgan fingerprint density at radius 1 is 1.24 bits per heavy atom. The molecule has 2 aromatic rings. The molecule has 2 aliphatic carbocycles. The van der Waals surface area contributed by atoms with Crippen LogP contribution in [-0.2, 0) is 14.3 Å². The number of carbonyl (C=O) groups excluding carboxylic acids is 2. The highest BCUT2D eigenvalue weighted by Crippen LogP contribution is 2.52. The van der Waals surface area contributed by atoms with Crippen molar-refractivity contribution in [2.75, 3.05) is 31.0 Å². The average molecular weight is 523 g/mol. The van der Waals surface area contributed by atoms with Crippen molar-refractivity contribution < 1.29 is 23.8 Å². The molecule has 11 nitrogen and oxygen atoms in total. The molecule has 11 heteroatoms. The topological polar surface area (TPSA) is 154 Å². The molecule has 0 radical (unpaired) electrons. The Bertz CT molecular complexity index is 1270. The van der Waals surface area contributed by atoms with Crippen molar-refractivity contribution in [2.45, 2.75) is 44.9 Å². The molecular weight excluding hydrogens is 488 g/mol. The molecular formula is C27H34N6O5. The van der Waals surface area contributed by atoms with Crippen LogP contribution < -0.4 is 26.9 Å². The summed E-state index contributed by atoms with van der Waals surface area (Å²) < 4.78 is 17.3. The number of hydrogen-bond acceptors (Lipinski definition) is 9. The Hall–Kier alpha value is -3.67. The zero-order valence-corrected chi connectivity index (χ0v) is 21.8. The number of methoxy groups -OCH3 is 1. The maximum absolute atomic E-state index is 12.6. The zero-order valence-electron chi connectivity index (χ0n) is 21.8. The van der Waals surface area contributed by atoms with Gasteiger partial charge >= 0.3 is 0 Å². The summed E-state index contributed by atoms with van der Waals surface area (Å²) in [6, 6.07) is 7.07. The van der Waals surface area contributed by atoms with E-state index in [1.54, 1.807) is 24.4 Å². The van der Waals surface area contributed by atoms with Crippen molar-refractivity contribution >= 4 is 35.1 Å². The van der Waals surface area contributed by atoms with Gasteiger partial charge in [-0.15, -0.1) is 0 Å². The van der Waals surface area contributed by atoms with Gasteiger partial charge in [0.2, 0.25) is 5.91 Å². The van der Waals surface area contributed by atoms with Crippen LogP contribution in [0.2, 0.25) is 0 Å². The van der Waals surface area contributed by atoms with Crippen LogP contribution in [0.15, 0.2) is 36.7 Å². The fourth-order valence-corrected chi connectivity index (χ4v) is 5.07. The maximum atomic E-state index is 12.6. The van der Waals surface area contributed by atoms with Crippen LogP contribution in [0.4, 0.5) is 17.2 Å². The number of amides is 2. The summed E-state index contributed by atoms with van der Waals surface area (Å²) in [7, 11) is 1.56. The second kappa shape index (κ2) is 9.90. The summed E-state index contributed by atoms with van der Waals surface area (Å²) in [5.41, 5.74) is 7.51. The number of pyridine rings is 1. The number of anilines is 3. The summed E-state index contributed by atoms with van der Waals surface area (Å²) in [5.74, 6) is 5.74. The lowest BCUT2D eigenvalue weighted by molar-refractivity contribution is -0.247. The van der Waals surface area contributed by atoms with Crippen LogP contribution in [0.5, 0.6) is 5.75 Å². The summed E-state index contributed by atoms with van der Waals surface area (Å²) in [6.07, 6.45) is 7.47. The molecule has 202 valence electrons. The van der Waals surface area contributed by atoms with E-state index < -0.39 is 11.7 Å². The van der Waals surface area contributed by atoms with E-state index in [0.717, 1.165) is 24.8 Å². The number of nitrogens with two attached hydrogens (primary N) is 2. The molecule has 2 heterocycles. The fourth-order valence-electron chi connectivity index (χ4n) is 5.07. The number of rotatable bonds is 9. The molecule has 1 spiro atoms. The Morgan fingerprint density at radius 3 is 2.58 bits per heavy atom. The number of nitrogens with zero attached hydrogens (tertiary/aromatic N) is 2. The minimum atomic E-state index is -0.652. The van der Waals surface area contributed by atoms with Crippen molar-refractivity contribution in [2.24, 2.45) is 22.9 Å². The van der Waals surface area contributed by atoms with E-state index in [4.69, 9.17) is 25.8 Å². The predicted octanol–water partition coefficient (Wildman–Crippen LogP) is 2.97. The summed E-state index contributed by atoms with van der Waals surface area (Å²) in [6.45, 7) is 5.24. The number of aromatic nitrogens is 1. The number of para-hydroxylation sites is 1. The van der Waals surface area contributed by atoms with E-state index in [2.05, 4.69) is 15.6 Å². The maximum Gasteiger partial charge on any atom is 0.252 e. The van der Waals surface area contributed by atoms with Gasteiger partial charge in [0.15, 0.2) is 5.79 Å². The lowest BCUT2D eigenvalue weighted by atomic mass is 9.84. The summed E-state index contributed by atoms with van der Waals surface area (Å²) in [5, 5.41) is 7.68. The number of nitrogens with one attached hydrogen (secondary N) is 2. The molecule has 2 atom stereocenters. The fraction of sp³-hybridized carbons (Fsp3) is 0.444. The van der Waals surface area contributed by atoms with Crippen molar-refractivity contribution in [1.29, 1.82) is 0 Å². The van der Waals surface area contributed by atoms with E-state index in [1.807, 2.05) is 38.1 Å². The van der Waals surface area contributed by atoms with Gasteiger partial charge in [-0.25, -0.2) is 10.8 Å². The van der Waals surface area contributed by atoms with Crippen LogP contribution in [-0.4, -0.2) is 54.0 Å². The smallest absolute Gasteiger partial charge is 0.252 e. The minimum absolute atomic E-state index is 0.0187. The lowest BCUT2D eigenvalue weighted by Gasteiger charge is -2.47. The molecule has 2 amide bonds. The molecule has 1 aromatic carbocycles.